The number of hydrogen-bond acceptors (Lipinski definition) is 4. The van der Waals surface area contributed by atoms with Crippen molar-refractivity contribution >= 4 is 11.9 Å². The Bertz CT molecular complexity index is 627. The highest BCUT2D eigenvalue weighted by molar-refractivity contribution is 5.81. The number of carbonyl (C=O) groups excluding carboxylic acids is 2. The minimum Gasteiger partial charge on any atom is -0.481 e. The lowest BCUT2D eigenvalue weighted by Gasteiger charge is -2.32. The van der Waals surface area contributed by atoms with Crippen LogP contribution in [0.15, 0.2) is 24.3 Å². The molecule has 26 heavy (non-hydrogen) atoms. The van der Waals surface area contributed by atoms with Gasteiger partial charge in [-0.15, -0.1) is 0 Å². The zero-order valence-corrected chi connectivity index (χ0v) is 16.6. The summed E-state index contributed by atoms with van der Waals surface area (Å²) in [7, 11) is 0. The first-order valence-electron chi connectivity index (χ1n) is 9.45. The van der Waals surface area contributed by atoms with Crippen molar-refractivity contribution in [2.45, 2.75) is 59.0 Å². The van der Waals surface area contributed by atoms with E-state index in [0.29, 0.717) is 38.3 Å². The third-order valence-corrected chi connectivity index (χ3v) is 4.79. The zero-order chi connectivity index (χ0) is 19.3. The third-order valence-electron chi connectivity index (χ3n) is 4.79. The Morgan fingerprint density at radius 1 is 1.23 bits per heavy atom. The van der Waals surface area contributed by atoms with E-state index in [4.69, 9.17) is 9.47 Å². The average Bonchev–Trinajstić information content (AvgIpc) is 2.61. The highest BCUT2D eigenvalue weighted by Gasteiger charge is 2.30. The summed E-state index contributed by atoms with van der Waals surface area (Å²) in [5.41, 5.74) is 1.20. The first-order chi connectivity index (χ1) is 12.2. The molecule has 1 fully saturated rings. The van der Waals surface area contributed by atoms with Crippen molar-refractivity contribution in [2.75, 3.05) is 19.7 Å². The molecule has 1 saturated heterocycles. The van der Waals surface area contributed by atoms with Gasteiger partial charge in [0.05, 0.1) is 12.5 Å². The molecule has 0 aromatic heterocycles. The molecule has 5 heteroatoms. The van der Waals surface area contributed by atoms with E-state index in [9.17, 15) is 9.59 Å². The monoisotopic (exact) mass is 361 g/mol. The maximum absolute atomic E-state index is 12.7. The molecule has 0 N–H and O–H groups in total. The first kappa shape index (κ1) is 20.3. The molecule has 0 radical (unpaired) electrons. The summed E-state index contributed by atoms with van der Waals surface area (Å²) in [6, 6.07) is 7.90. The molecule has 0 bridgehead atoms. The largest absolute Gasteiger partial charge is 0.481 e. The highest BCUT2D eigenvalue weighted by atomic mass is 16.5. The summed E-state index contributed by atoms with van der Waals surface area (Å²) in [6.45, 7) is 11.6. The predicted molar refractivity (Wildman–Crippen MR) is 101 cm³/mol. The molecule has 1 heterocycles. The van der Waals surface area contributed by atoms with E-state index in [1.165, 1.54) is 5.56 Å². The van der Waals surface area contributed by atoms with Gasteiger partial charge < -0.3 is 14.4 Å². The lowest BCUT2D eigenvalue weighted by Crippen LogP contribution is -2.46. The molecule has 1 unspecified atom stereocenters. The Labute approximate surface area is 156 Å². The molecule has 0 saturated carbocycles. The second kappa shape index (κ2) is 8.56. The van der Waals surface area contributed by atoms with Gasteiger partial charge in [-0.1, -0.05) is 32.9 Å². The lowest BCUT2D eigenvalue weighted by atomic mass is 9.87. The zero-order valence-electron chi connectivity index (χ0n) is 16.6. The predicted octanol–water partition coefficient (Wildman–Crippen LogP) is 3.55. The number of carbonyl (C=O) groups is 2. The van der Waals surface area contributed by atoms with E-state index in [-0.39, 0.29) is 23.2 Å². The molecule has 1 aromatic rings. The topological polar surface area (TPSA) is 55.8 Å². The molecular formula is C21H31NO4. The van der Waals surface area contributed by atoms with Crippen LogP contribution in [0.25, 0.3) is 0 Å². The molecule has 1 amide bonds. The molecule has 1 atom stereocenters. The first-order valence-corrected chi connectivity index (χ1v) is 9.45. The van der Waals surface area contributed by atoms with Crippen LogP contribution in [0.5, 0.6) is 5.75 Å². The van der Waals surface area contributed by atoms with Crippen LogP contribution in [-0.2, 0) is 19.7 Å². The summed E-state index contributed by atoms with van der Waals surface area (Å²) >= 11 is 0. The van der Waals surface area contributed by atoms with Gasteiger partial charge in [0.15, 0.2) is 6.10 Å². The van der Waals surface area contributed by atoms with E-state index in [1.807, 2.05) is 25.1 Å². The Morgan fingerprint density at radius 3 is 2.46 bits per heavy atom. The normalized spacial score (nSPS) is 16.9. The van der Waals surface area contributed by atoms with Crippen LogP contribution in [0.4, 0.5) is 0 Å². The molecule has 0 spiro atoms. The quantitative estimate of drug-likeness (QED) is 0.753. The molecule has 1 aromatic carbocycles. The maximum Gasteiger partial charge on any atom is 0.309 e. The van der Waals surface area contributed by atoms with Crippen LogP contribution >= 0.6 is 0 Å². The summed E-state index contributed by atoms with van der Waals surface area (Å²) < 4.78 is 11.0. The van der Waals surface area contributed by atoms with E-state index in [0.717, 1.165) is 0 Å². The van der Waals surface area contributed by atoms with Gasteiger partial charge in [-0.25, -0.2) is 0 Å². The van der Waals surface area contributed by atoms with Crippen molar-refractivity contribution in [1.82, 2.24) is 4.90 Å². The smallest absolute Gasteiger partial charge is 0.309 e. The van der Waals surface area contributed by atoms with Crippen LogP contribution in [0.3, 0.4) is 0 Å². The highest BCUT2D eigenvalue weighted by Crippen LogP contribution is 2.26. The van der Waals surface area contributed by atoms with Crippen LogP contribution in [-0.4, -0.2) is 42.6 Å². The number of likely N-dealkylation sites (tertiary alicyclic amines) is 1. The number of piperidine rings is 1. The molecule has 5 nitrogen and oxygen atoms in total. The average molecular weight is 361 g/mol. The van der Waals surface area contributed by atoms with Crippen molar-refractivity contribution in [3.8, 4) is 5.75 Å². The SMILES string of the molecule is CCOC(=O)C1CCN(C(=O)C(C)Oc2cccc(C(C)(C)C)c2)CC1. The maximum atomic E-state index is 12.7. The summed E-state index contributed by atoms with van der Waals surface area (Å²) in [5.74, 6) is 0.426. The van der Waals surface area contributed by atoms with Crippen LogP contribution in [0, 0.1) is 5.92 Å². The van der Waals surface area contributed by atoms with Crippen molar-refractivity contribution in [2.24, 2.45) is 5.92 Å². The number of hydrogen-bond donors (Lipinski definition) is 0. The van der Waals surface area contributed by atoms with Gasteiger partial charge in [0.25, 0.3) is 5.91 Å². The van der Waals surface area contributed by atoms with E-state index < -0.39 is 6.10 Å². The van der Waals surface area contributed by atoms with Crippen molar-refractivity contribution in [1.29, 1.82) is 0 Å². The third kappa shape index (κ3) is 5.23. The summed E-state index contributed by atoms with van der Waals surface area (Å²) in [6.07, 6.45) is 0.748. The van der Waals surface area contributed by atoms with Crippen LogP contribution in [0.2, 0.25) is 0 Å². The van der Waals surface area contributed by atoms with Crippen LogP contribution < -0.4 is 4.74 Å². The fourth-order valence-corrected chi connectivity index (χ4v) is 3.14. The van der Waals surface area contributed by atoms with Gasteiger partial charge in [-0.2, -0.15) is 0 Å². The molecule has 2 rings (SSSR count). The molecule has 1 aliphatic rings. The van der Waals surface area contributed by atoms with Gasteiger partial charge in [0.2, 0.25) is 0 Å². The standard InChI is InChI=1S/C21H31NO4/c1-6-25-20(24)16-10-12-22(13-11-16)19(23)15(2)26-18-9-7-8-17(14-18)21(3,4)5/h7-9,14-16H,6,10-13H2,1-5H3. The second-order valence-corrected chi connectivity index (χ2v) is 7.89. The number of benzene rings is 1. The van der Waals surface area contributed by atoms with Crippen molar-refractivity contribution < 1.29 is 19.1 Å². The molecule has 1 aliphatic heterocycles. The number of nitrogens with zero attached hydrogens (tertiary/aromatic N) is 1. The van der Waals surface area contributed by atoms with Gasteiger partial charge >= 0.3 is 5.97 Å². The Balaban J connectivity index is 1.91. The van der Waals surface area contributed by atoms with Gasteiger partial charge in [0.1, 0.15) is 5.75 Å². The van der Waals surface area contributed by atoms with E-state index in [2.05, 4.69) is 26.8 Å². The summed E-state index contributed by atoms with van der Waals surface area (Å²) in [4.78, 5) is 26.3. The molecule has 144 valence electrons. The number of esters is 1. The number of ether oxygens (including phenoxy) is 2. The number of rotatable bonds is 5. The minimum atomic E-state index is -0.552. The van der Waals surface area contributed by atoms with Gasteiger partial charge in [-0.3, -0.25) is 9.59 Å². The van der Waals surface area contributed by atoms with Gasteiger partial charge in [0, 0.05) is 13.1 Å². The van der Waals surface area contributed by atoms with Crippen LogP contribution in [0.1, 0.15) is 53.0 Å². The Morgan fingerprint density at radius 2 is 1.88 bits per heavy atom. The number of amides is 1. The van der Waals surface area contributed by atoms with E-state index >= 15 is 0 Å². The lowest BCUT2D eigenvalue weighted by molar-refractivity contribution is -0.152. The van der Waals surface area contributed by atoms with Crippen molar-refractivity contribution in [3.05, 3.63) is 29.8 Å². The molecule has 0 aliphatic carbocycles. The summed E-state index contributed by atoms with van der Waals surface area (Å²) in [5, 5.41) is 0. The second-order valence-electron chi connectivity index (χ2n) is 7.89. The molecular weight excluding hydrogens is 330 g/mol. The fraction of sp³-hybridized carbons (Fsp3) is 0.619. The van der Waals surface area contributed by atoms with Gasteiger partial charge in [-0.05, 0) is 49.8 Å². The van der Waals surface area contributed by atoms with Crippen molar-refractivity contribution in [3.63, 3.8) is 0 Å². The minimum absolute atomic E-state index is 0.0294. The Hall–Kier alpha value is -2.04. The van der Waals surface area contributed by atoms with E-state index in [1.54, 1.807) is 11.8 Å². The fourth-order valence-electron chi connectivity index (χ4n) is 3.14. The Kier molecular flexibility index (Phi) is 6.68.